The second-order valence-electron chi connectivity index (χ2n) is 7.67. The van der Waals surface area contributed by atoms with Crippen molar-refractivity contribution in [1.82, 2.24) is 16.0 Å². The third-order valence-corrected chi connectivity index (χ3v) is 4.77. The third kappa shape index (κ3) is 10.7. The molecule has 0 aromatic heterocycles. The van der Waals surface area contributed by atoms with Crippen LogP contribution in [0.3, 0.4) is 0 Å². The minimum atomic E-state index is -1.23. The average Bonchev–Trinajstić information content (AvgIpc) is 2.77. The van der Waals surface area contributed by atoms with Gasteiger partial charge in [0.1, 0.15) is 17.8 Å². The van der Waals surface area contributed by atoms with Crippen LogP contribution in [-0.2, 0) is 30.4 Å². The number of carboxylic acid groups (broad SMARTS) is 1. The molecular weight excluding hydrogens is 448 g/mol. The van der Waals surface area contributed by atoms with Crippen molar-refractivity contribution >= 4 is 29.6 Å². The van der Waals surface area contributed by atoms with Crippen LogP contribution in [0.2, 0.25) is 0 Å². The van der Waals surface area contributed by atoms with Crippen molar-refractivity contribution < 1.29 is 34.2 Å². The van der Waals surface area contributed by atoms with Crippen LogP contribution in [-0.4, -0.2) is 71.0 Å². The number of aliphatic carboxylic acids is 1. The molecule has 4 amide bonds. The van der Waals surface area contributed by atoms with Gasteiger partial charge < -0.3 is 43.4 Å². The first kappa shape index (κ1) is 28.3. The molecule has 0 fully saturated rings. The summed E-state index contributed by atoms with van der Waals surface area (Å²) in [6.07, 6.45) is 0.819. The lowest BCUT2D eigenvalue weighted by Crippen LogP contribution is -2.54. The van der Waals surface area contributed by atoms with Crippen LogP contribution in [0, 0.1) is 0 Å². The van der Waals surface area contributed by atoms with Gasteiger partial charge in [0, 0.05) is 6.42 Å². The van der Waals surface area contributed by atoms with Gasteiger partial charge in [-0.05, 0) is 43.5 Å². The summed E-state index contributed by atoms with van der Waals surface area (Å²) >= 11 is 0. The smallest absolute Gasteiger partial charge is 0.326 e. The van der Waals surface area contributed by atoms with Gasteiger partial charge in [0.05, 0.1) is 19.0 Å². The molecule has 1 aromatic rings. The highest BCUT2D eigenvalue weighted by Crippen LogP contribution is 2.12. The summed E-state index contributed by atoms with van der Waals surface area (Å²) in [5.74, 6) is -4.26. The van der Waals surface area contributed by atoms with Crippen molar-refractivity contribution in [3.05, 3.63) is 29.8 Å². The van der Waals surface area contributed by atoms with Crippen LogP contribution in [0.25, 0.3) is 0 Å². The molecule has 0 aliphatic heterocycles. The number of phenols is 1. The second kappa shape index (κ2) is 14.4. The Kier molecular flexibility index (Phi) is 12.0. The number of benzene rings is 1. The highest BCUT2D eigenvalue weighted by atomic mass is 16.4. The van der Waals surface area contributed by atoms with E-state index in [-0.39, 0.29) is 18.6 Å². The summed E-state index contributed by atoms with van der Waals surface area (Å²) < 4.78 is 0. The molecular formula is C21H32N6O7. The van der Waals surface area contributed by atoms with E-state index in [1.807, 2.05) is 0 Å². The van der Waals surface area contributed by atoms with Gasteiger partial charge in [-0.2, -0.15) is 0 Å². The van der Waals surface area contributed by atoms with E-state index in [0.29, 0.717) is 24.9 Å². The fourth-order valence-corrected chi connectivity index (χ4v) is 2.95. The molecule has 1 rings (SSSR count). The Morgan fingerprint density at radius 1 is 0.941 bits per heavy atom. The molecule has 1 aromatic carbocycles. The van der Waals surface area contributed by atoms with Crippen LogP contribution >= 0.6 is 0 Å². The molecule has 0 aliphatic carbocycles. The Balaban J connectivity index is 2.86. The minimum absolute atomic E-state index is 0.00893. The first-order valence-electron chi connectivity index (χ1n) is 10.7. The number of primary amides is 1. The average molecular weight is 481 g/mol. The number of carbonyl (C=O) groups is 5. The number of amides is 4. The molecule has 0 saturated carbocycles. The predicted octanol–water partition coefficient (Wildman–Crippen LogP) is -2.56. The number of nitrogens with one attached hydrogen (secondary N) is 3. The van der Waals surface area contributed by atoms with Crippen molar-refractivity contribution in [2.45, 2.75) is 50.2 Å². The molecule has 0 aliphatic rings. The van der Waals surface area contributed by atoms with E-state index in [4.69, 9.17) is 17.2 Å². The molecule has 188 valence electrons. The molecule has 0 saturated heterocycles. The van der Waals surface area contributed by atoms with E-state index >= 15 is 0 Å². The minimum Gasteiger partial charge on any atom is -0.508 e. The standard InChI is InChI=1S/C21H32N6O7/c22-8-2-1-3-15(21(33)34)27-20(32)16(9-12-4-6-13(28)7-5-12)26-18(30)11-25-19(31)14(23)10-17(24)29/h4-7,14-16,28H,1-3,8-11,22-23H2,(H2,24,29)(H,25,31)(H,26,30)(H,27,32)(H,33,34). The molecule has 11 N–H and O–H groups in total. The van der Waals surface area contributed by atoms with Gasteiger partial charge in [0.25, 0.3) is 0 Å². The Hall–Kier alpha value is -3.71. The summed E-state index contributed by atoms with van der Waals surface area (Å²) in [4.78, 5) is 59.5. The van der Waals surface area contributed by atoms with Gasteiger partial charge in [-0.25, -0.2) is 4.79 Å². The number of carbonyl (C=O) groups excluding carboxylic acids is 4. The molecule has 3 unspecified atom stereocenters. The topological polar surface area (TPSA) is 240 Å². The van der Waals surface area contributed by atoms with Crippen LogP contribution < -0.4 is 33.2 Å². The van der Waals surface area contributed by atoms with Crippen molar-refractivity contribution in [2.24, 2.45) is 17.2 Å². The quantitative estimate of drug-likeness (QED) is 0.123. The van der Waals surface area contributed by atoms with Gasteiger partial charge in [-0.3, -0.25) is 19.2 Å². The zero-order valence-corrected chi connectivity index (χ0v) is 18.7. The van der Waals surface area contributed by atoms with Crippen LogP contribution in [0.15, 0.2) is 24.3 Å². The number of hydrogen-bond acceptors (Lipinski definition) is 8. The summed E-state index contributed by atoms with van der Waals surface area (Å²) in [5, 5.41) is 26.0. The van der Waals surface area contributed by atoms with Crippen LogP contribution in [0.1, 0.15) is 31.2 Å². The van der Waals surface area contributed by atoms with Gasteiger partial charge in [-0.1, -0.05) is 12.1 Å². The highest BCUT2D eigenvalue weighted by Gasteiger charge is 2.27. The normalized spacial score (nSPS) is 13.2. The molecule has 0 radical (unpaired) electrons. The second-order valence-corrected chi connectivity index (χ2v) is 7.67. The molecule has 0 heterocycles. The van der Waals surface area contributed by atoms with Crippen molar-refractivity contribution in [3.8, 4) is 5.75 Å². The monoisotopic (exact) mass is 480 g/mol. The zero-order valence-electron chi connectivity index (χ0n) is 18.7. The lowest BCUT2D eigenvalue weighted by Gasteiger charge is -2.22. The lowest BCUT2D eigenvalue weighted by atomic mass is 10.0. The van der Waals surface area contributed by atoms with E-state index in [9.17, 15) is 34.2 Å². The first-order valence-corrected chi connectivity index (χ1v) is 10.7. The Morgan fingerprint density at radius 2 is 1.59 bits per heavy atom. The van der Waals surface area contributed by atoms with E-state index in [1.54, 1.807) is 12.1 Å². The third-order valence-electron chi connectivity index (χ3n) is 4.77. The maximum atomic E-state index is 12.8. The predicted molar refractivity (Wildman–Crippen MR) is 121 cm³/mol. The first-order chi connectivity index (χ1) is 16.0. The van der Waals surface area contributed by atoms with Gasteiger partial charge in [-0.15, -0.1) is 0 Å². The van der Waals surface area contributed by atoms with Gasteiger partial charge in [0.2, 0.25) is 23.6 Å². The largest absolute Gasteiger partial charge is 0.508 e. The van der Waals surface area contributed by atoms with Crippen LogP contribution in [0.4, 0.5) is 0 Å². The lowest BCUT2D eigenvalue weighted by molar-refractivity contribution is -0.142. The summed E-state index contributed by atoms with van der Waals surface area (Å²) in [5.41, 5.74) is 16.5. The van der Waals surface area contributed by atoms with E-state index < -0.39 is 60.7 Å². The fraction of sp³-hybridized carbons (Fsp3) is 0.476. The number of unbranched alkanes of at least 4 members (excludes halogenated alkanes) is 1. The number of phenolic OH excluding ortho intramolecular Hbond substituents is 1. The number of nitrogens with two attached hydrogens (primary N) is 3. The van der Waals surface area contributed by atoms with Crippen molar-refractivity contribution in [2.75, 3.05) is 13.1 Å². The number of hydrogen-bond donors (Lipinski definition) is 8. The fourth-order valence-electron chi connectivity index (χ4n) is 2.95. The van der Waals surface area contributed by atoms with E-state index in [1.165, 1.54) is 12.1 Å². The van der Waals surface area contributed by atoms with Crippen molar-refractivity contribution in [3.63, 3.8) is 0 Å². The number of aromatic hydroxyl groups is 1. The SMILES string of the molecule is NCCCCC(NC(=O)C(Cc1ccc(O)cc1)NC(=O)CNC(=O)C(N)CC(N)=O)C(=O)O. The van der Waals surface area contributed by atoms with Crippen LogP contribution in [0.5, 0.6) is 5.75 Å². The molecule has 13 nitrogen and oxygen atoms in total. The maximum Gasteiger partial charge on any atom is 0.326 e. The molecule has 34 heavy (non-hydrogen) atoms. The Morgan fingerprint density at radius 3 is 2.15 bits per heavy atom. The molecule has 0 bridgehead atoms. The summed E-state index contributed by atoms with van der Waals surface area (Å²) in [7, 11) is 0. The van der Waals surface area contributed by atoms with E-state index in [2.05, 4.69) is 16.0 Å². The maximum absolute atomic E-state index is 12.8. The van der Waals surface area contributed by atoms with Crippen molar-refractivity contribution in [1.29, 1.82) is 0 Å². The molecule has 0 spiro atoms. The number of carboxylic acids is 1. The Labute approximate surface area is 196 Å². The molecule has 3 atom stereocenters. The number of rotatable bonds is 15. The zero-order chi connectivity index (χ0) is 25.7. The highest BCUT2D eigenvalue weighted by molar-refractivity contribution is 5.93. The van der Waals surface area contributed by atoms with Gasteiger partial charge >= 0.3 is 5.97 Å². The van der Waals surface area contributed by atoms with E-state index in [0.717, 1.165) is 0 Å². The Bertz CT molecular complexity index is 862. The molecule has 13 heteroatoms. The summed E-state index contributed by atoms with van der Waals surface area (Å²) in [6.45, 7) is -0.155. The van der Waals surface area contributed by atoms with Gasteiger partial charge in [0.15, 0.2) is 0 Å². The summed E-state index contributed by atoms with van der Waals surface area (Å²) in [6, 6.07) is 2.31.